The fraction of sp³-hybridized carbons (Fsp3) is 0.615. The van der Waals surface area contributed by atoms with Crippen LogP contribution in [0.25, 0.3) is 0 Å². The van der Waals surface area contributed by atoms with Gasteiger partial charge in [0.2, 0.25) is 0 Å². The molecule has 0 atom stereocenters. The van der Waals surface area contributed by atoms with Crippen LogP contribution in [-0.2, 0) is 0 Å². The van der Waals surface area contributed by atoms with E-state index in [9.17, 15) is 9.90 Å². The molecule has 5 nitrogen and oxygen atoms in total. The van der Waals surface area contributed by atoms with Gasteiger partial charge >= 0.3 is 0 Å². The number of thioether (sulfide) groups is 1. The Kier molecular flexibility index (Phi) is 4.42. The monoisotopic (exact) mass is 281 g/mol. The number of carbonyl (C=O) groups is 1. The molecule has 19 heavy (non-hydrogen) atoms. The lowest BCUT2D eigenvalue weighted by Gasteiger charge is -2.33. The van der Waals surface area contributed by atoms with Crippen molar-refractivity contribution in [3.8, 4) is 0 Å². The van der Waals surface area contributed by atoms with Crippen molar-refractivity contribution in [1.82, 2.24) is 9.97 Å². The second-order valence-electron chi connectivity index (χ2n) is 5.19. The number of rotatable bonds is 4. The summed E-state index contributed by atoms with van der Waals surface area (Å²) in [5.74, 6) is 0.598. The molecule has 0 saturated heterocycles. The summed E-state index contributed by atoms with van der Waals surface area (Å²) in [7, 11) is 0. The molecule has 2 N–H and O–H groups in total. The van der Waals surface area contributed by atoms with Crippen molar-refractivity contribution in [2.45, 2.75) is 49.4 Å². The van der Waals surface area contributed by atoms with E-state index in [-0.39, 0.29) is 6.04 Å². The minimum absolute atomic E-state index is 0.253. The average molecular weight is 281 g/mol. The van der Waals surface area contributed by atoms with Gasteiger partial charge in [0.25, 0.3) is 0 Å². The van der Waals surface area contributed by atoms with Crippen LogP contribution >= 0.6 is 11.8 Å². The highest BCUT2D eigenvalue weighted by molar-refractivity contribution is 7.98. The quantitative estimate of drug-likeness (QED) is 0.500. The molecule has 0 amide bonds. The van der Waals surface area contributed by atoms with Crippen molar-refractivity contribution in [2.75, 3.05) is 11.6 Å². The molecule has 1 aromatic rings. The molecule has 1 saturated carbocycles. The molecule has 1 aromatic heterocycles. The number of aldehydes is 1. The topological polar surface area (TPSA) is 75.1 Å². The number of aliphatic hydroxyl groups is 1. The van der Waals surface area contributed by atoms with Crippen LogP contribution in [0.2, 0.25) is 0 Å². The number of aromatic nitrogens is 2. The molecule has 1 fully saturated rings. The van der Waals surface area contributed by atoms with Crippen LogP contribution in [0.3, 0.4) is 0 Å². The number of carbonyl (C=O) groups excluding carboxylic acids is 1. The van der Waals surface area contributed by atoms with Crippen LogP contribution in [-0.4, -0.2) is 39.3 Å². The lowest BCUT2D eigenvalue weighted by atomic mass is 9.83. The Hall–Kier alpha value is -1.14. The average Bonchev–Trinajstić information content (AvgIpc) is 2.41. The van der Waals surface area contributed by atoms with Crippen molar-refractivity contribution in [1.29, 1.82) is 0 Å². The van der Waals surface area contributed by atoms with E-state index in [0.29, 0.717) is 16.5 Å². The van der Waals surface area contributed by atoms with Crippen molar-refractivity contribution in [3.63, 3.8) is 0 Å². The van der Waals surface area contributed by atoms with Gasteiger partial charge in [-0.05, 0) is 38.9 Å². The molecule has 0 bridgehead atoms. The SMILES string of the molecule is CSc1ncc(C=O)c(NC2CCC(C)(O)CC2)n1. The van der Waals surface area contributed by atoms with E-state index >= 15 is 0 Å². The summed E-state index contributed by atoms with van der Waals surface area (Å²) in [6.07, 6.45) is 7.51. The summed E-state index contributed by atoms with van der Waals surface area (Å²) in [4.78, 5) is 19.4. The smallest absolute Gasteiger partial charge is 0.189 e. The Labute approximate surface area is 117 Å². The van der Waals surface area contributed by atoms with Gasteiger partial charge in [-0.1, -0.05) is 11.8 Å². The van der Waals surface area contributed by atoms with E-state index in [4.69, 9.17) is 0 Å². The van der Waals surface area contributed by atoms with Gasteiger partial charge in [0.15, 0.2) is 11.4 Å². The highest BCUT2D eigenvalue weighted by Gasteiger charge is 2.29. The van der Waals surface area contributed by atoms with Gasteiger partial charge in [-0.15, -0.1) is 0 Å². The first-order valence-corrected chi connectivity index (χ1v) is 7.62. The van der Waals surface area contributed by atoms with Crippen molar-refractivity contribution in [3.05, 3.63) is 11.8 Å². The highest BCUT2D eigenvalue weighted by atomic mass is 32.2. The van der Waals surface area contributed by atoms with E-state index < -0.39 is 5.60 Å². The van der Waals surface area contributed by atoms with Crippen LogP contribution in [0.5, 0.6) is 0 Å². The zero-order valence-electron chi connectivity index (χ0n) is 11.2. The predicted molar refractivity (Wildman–Crippen MR) is 75.7 cm³/mol. The first-order valence-electron chi connectivity index (χ1n) is 6.39. The fourth-order valence-electron chi connectivity index (χ4n) is 2.25. The summed E-state index contributed by atoms with van der Waals surface area (Å²) in [5.41, 5.74) is -0.0722. The van der Waals surface area contributed by atoms with Gasteiger partial charge in [-0.25, -0.2) is 9.97 Å². The maximum absolute atomic E-state index is 11.0. The molecule has 0 radical (unpaired) electrons. The number of anilines is 1. The molecule has 104 valence electrons. The first-order chi connectivity index (χ1) is 9.04. The van der Waals surface area contributed by atoms with Gasteiger partial charge < -0.3 is 10.4 Å². The van der Waals surface area contributed by atoms with Gasteiger partial charge in [-0.2, -0.15) is 0 Å². The molecular formula is C13H19N3O2S. The normalized spacial score (nSPS) is 27.0. The number of hydrogen-bond acceptors (Lipinski definition) is 6. The molecule has 0 aliphatic heterocycles. The van der Waals surface area contributed by atoms with Gasteiger partial charge in [0, 0.05) is 12.2 Å². The van der Waals surface area contributed by atoms with Gasteiger partial charge in [-0.3, -0.25) is 4.79 Å². The maximum atomic E-state index is 11.0. The number of nitrogens with zero attached hydrogens (tertiary/aromatic N) is 2. The lowest BCUT2D eigenvalue weighted by molar-refractivity contribution is 0.0196. The van der Waals surface area contributed by atoms with Crippen LogP contribution in [0, 0.1) is 0 Å². The minimum Gasteiger partial charge on any atom is -0.390 e. The van der Waals surface area contributed by atoms with Crippen molar-refractivity contribution in [2.24, 2.45) is 0 Å². The third-order valence-corrected chi connectivity index (χ3v) is 4.07. The summed E-state index contributed by atoms with van der Waals surface area (Å²) >= 11 is 1.45. The van der Waals surface area contributed by atoms with E-state index in [0.717, 1.165) is 32.0 Å². The highest BCUT2D eigenvalue weighted by Crippen LogP contribution is 2.29. The van der Waals surface area contributed by atoms with Crippen molar-refractivity contribution >= 4 is 23.9 Å². The summed E-state index contributed by atoms with van der Waals surface area (Å²) < 4.78 is 0. The maximum Gasteiger partial charge on any atom is 0.189 e. The van der Waals surface area contributed by atoms with Crippen LogP contribution in [0.4, 0.5) is 5.82 Å². The molecule has 1 aliphatic carbocycles. The van der Waals surface area contributed by atoms with E-state index in [1.54, 1.807) is 6.20 Å². The Morgan fingerprint density at radius 1 is 1.53 bits per heavy atom. The molecule has 0 aromatic carbocycles. The van der Waals surface area contributed by atoms with Gasteiger partial charge in [0.05, 0.1) is 11.2 Å². The Morgan fingerprint density at radius 3 is 2.79 bits per heavy atom. The van der Waals surface area contributed by atoms with Gasteiger partial charge in [0.1, 0.15) is 5.82 Å². The molecule has 0 spiro atoms. The number of hydrogen-bond donors (Lipinski definition) is 2. The summed E-state index contributed by atoms with van der Waals surface area (Å²) in [5, 5.41) is 13.9. The van der Waals surface area contributed by atoms with Crippen LogP contribution < -0.4 is 5.32 Å². The Balaban J connectivity index is 2.08. The largest absolute Gasteiger partial charge is 0.390 e. The molecule has 2 rings (SSSR count). The standard InChI is InChI=1S/C13H19N3O2S/c1-13(18)5-3-10(4-6-13)15-11-9(8-17)7-14-12(16-11)19-2/h7-8,10,18H,3-6H2,1-2H3,(H,14,15,16). The third kappa shape index (κ3) is 3.67. The zero-order chi connectivity index (χ0) is 13.9. The van der Waals surface area contributed by atoms with E-state index in [1.807, 2.05) is 13.2 Å². The summed E-state index contributed by atoms with van der Waals surface area (Å²) in [6, 6.07) is 0.253. The summed E-state index contributed by atoms with van der Waals surface area (Å²) in [6.45, 7) is 1.87. The molecule has 6 heteroatoms. The minimum atomic E-state index is -0.554. The fourth-order valence-corrected chi connectivity index (χ4v) is 2.59. The third-order valence-electron chi connectivity index (χ3n) is 3.51. The Bertz CT molecular complexity index is 455. The molecule has 1 aliphatic rings. The lowest BCUT2D eigenvalue weighted by Crippen LogP contribution is -2.36. The molecular weight excluding hydrogens is 262 g/mol. The Morgan fingerprint density at radius 2 is 2.21 bits per heavy atom. The van der Waals surface area contributed by atoms with Crippen molar-refractivity contribution < 1.29 is 9.90 Å². The number of nitrogens with one attached hydrogen (secondary N) is 1. The molecule has 0 unspecified atom stereocenters. The second kappa shape index (κ2) is 5.88. The van der Waals surface area contributed by atoms with Crippen LogP contribution in [0.15, 0.2) is 11.4 Å². The zero-order valence-corrected chi connectivity index (χ0v) is 12.0. The van der Waals surface area contributed by atoms with E-state index in [2.05, 4.69) is 15.3 Å². The van der Waals surface area contributed by atoms with Crippen LogP contribution in [0.1, 0.15) is 43.0 Å². The first kappa shape index (κ1) is 14.3. The second-order valence-corrected chi connectivity index (χ2v) is 5.97. The molecule has 1 heterocycles. The predicted octanol–water partition coefficient (Wildman–Crippen LogP) is 2.12. The van der Waals surface area contributed by atoms with E-state index in [1.165, 1.54) is 11.8 Å².